The first-order valence-corrected chi connectivity index (χ1v) is 54.0. The van der Waals surface area contributed by atoms with Crippen LogP contribution in [0.2, 0.25) is 0 Å². The molecule has 0 bridgehead atoms. The topological polar surface area (TPSA) is 297 Å². The minimum Gasteiger partial charge on any atom is -0.469 e. The van der Waals surface area contributed by atoms with Crippen molar-refractivity contribution in [3.8, 4) is 0 Å². The number of rotatable bonds is 25. The van der Waals surface area contributed by atoms with E-state index in [1.165, 1.54) is 118 Å². The van der Waals surface area contributed by atoms with Crippen LogP contribution in [0.25, 0.3) is 33.1 Å². The summed E-state index contributed by atoms with van der Waals surface area (Å²) in [7, 11) is 3.17. The van der Waals surface area contributed by atoms with Gasteiger partial charge in [0, 0.05) is 110 Å². The number of aromatic nitrogens is 6. The number of nitrogens with zero attached hydrogens (tertiary/aromatic N) is 12. The highest BCUT2D eigenvalue weighted by atomic mass is 16.5. The first-order chi connectivity index (χ1) is 70.7. The van der Waals surface area contributed by atoms with Crippen LogP contribution in [0.4, 0.5) is 23.5 Å². The Bertz CT molecular complexity index is 6310. The van der Waals surface area contributed by atoms with Gasteiger partial charge in [-0.2, -0.15) is 4.99 Å². The Morgan fingerprint density at radius 2 is 0.738 bits per heavy atom. The molecule has 4 saturated heterocycles. The largest absolute Gasteiger partial charge is 0.469 e. The van der Waals surface area contributed by atoms with Crippen LogP contribution >= 0.6 is 0 Å². The number of amides is 6. The van der Waals surface area contributed by atoms with E-state index in [9.17, 15) is 38.4 Å². The fraction of sp³-hybridized carbons (Fsp3) is 0.492. The van der Waals surface area contributed by atoms with Gasteiger partial charge in [-0.1, -0.05) is 127 Å². The molecule has 145 heavy (non-hydrogen) atoms. The lowest BCUT2D eigenvalue weighted by Gasteiger charge is -2.36. The number of benzene rings is 8. The molecule has 8 fully saturated rings. The van der Waals surface area contributed by atoms with E-state index in [0.29, 0.717) is 59.7 Å². The monoisotopic (exact) mass is 1960 g/mol. The van der Waals surface area contributed by atoms with E-state index in [1.54, 1.807) is 7.05 Å². The van der Waals surface area contributed by atoms with E-state index in [2.05, 4.69) is 143 Å². The summed E-state index contributed by atoms with van der Waals surface area (Å²) in [5.74, 6) is 2.05. The normalized spacial score (nSPS) is 21.4. The van der Waals surface area contributed by atoms with Crippen LogP contribution in [0.1, 0.15) is 298 Å². The van der Waals surface area contributed by atoms with E-state index in [-0.39, 0.29) is 95.2 Å². The highest BCUT2D eigenvalue weighted by Gasteiger charge is 2.40. The molecule has 27 heteroatoms. The zero-order valence-corrected chi connectivity index (χ0v) is 86.2. The standard InChI is InChI=1S/C30H39N5O2.C30H37N3O3.C29H37N5O2.C29H36N4O3/c1-3-31-28(36)23-12-14-25(15-13-23)35-27-19-22(20-34-17-5-4-6-18-34)9-16-26(27)32-30(35)33-29(37)24-10-7-21(2)8-11-24;1-2-36-30(35)24-13-15-26(16-14-24)33-27-19-22(21-32-17-7-4-8-18-32)11-12-25(27)20-28(33)31-29(34)23-9-5-3-6-10-23;1-20-6-9-23(10-7-20)28(36)32-29-31-25-15-8-21(19-33-16-4-3-5-17-33)18-26(25)34(29)24-13-11-22(12-14-24)27(35)30-2;1-20-7-6-8-23(17-20)27(34)31-29-30-25-14-9-21(19-32-15-4-3-5-16-32)18-26(25)33(29)24-12-10-22(11-13-24)28(35)36-2/h7-11,16,19,23,25H,3-6,12-15,17-18,20H2,1-2H3,(H,31,36)(H,32,33,37);3,5-6,9-12,19,24,26H,2,4,7-8,13-18,20-21H2,1H3;6-10,15,18,22,24H,3-5,11-14,16-17,19H2,1-2H3,(H,30,35)(H,31,32,36);6-9,14,17-18,22,24H,3-5,10-13,15-16,19H2,1-2H3,(H,30,31,34). The third kappa shape index (κ3) is 26.7. The number of anilines is 4. The number of methoxy groups -OCH3 is 1. The van der Waals surface area contributed by atoms with Crippen LogP contribution in [0.15, 0.2) is 181 Å². The van der Waals surface area contributed by atoms with Crippen molar-refractivity contribution in [3.05, 3.63) is 243 Å². The minimum absolute atomic E-state index is 0.0277. The lowest BCUT2D eigenvalue weighted by Crippen LogP contribution is -2.42. The molecule has 5 N–H and O–H groups in total. The van der Waals surface area contributed by atoms with Crippen molar-refractivity contribution in [1.29, 1.82) is 0 Å². The van der Waals surface area contributed by atoms with Crippen molar-refractivity contribution in [1.82, 2.24) is 58.9 Å². The van der Waals surface area contributed by atoms with Gasteiger partial charge in [0.25, 0.3) is 23.6 Å². The van der Waals surface area contributed by atoms with E-state index in [0.717, 1.165) is 237 Å². The fourth-order valence-electron chi connectivity index (χ4n) is 23.3. The zero-order valence-electron chi connectivity index (χ0n) is 86.2. The molecule has 766 valence electrons. The number of carbonyl (C=O) groups excluding carboxylic acids is 8. The second kappa shape index (κ2) is 50.0. The van der Waals surface area contributed by atoms with Crippen molar-refractivity contribution in [2.45, 2.75) is 271 Å². The van der Waals surface area contributed by atoms with Crippen molar-refractivity contribution in [3.63, 3.8) is 0 Å². The highest BCUT2D eigenvalue weighted by molar-refractivity contribution is 6.13. The van der Waals surface area contributed by atoms with Gasteiger partial charge in [-0.25, -0.2) is 15.0 Å². The third-order valence-electron chi connectivity index (χ3n) is 31.3. The summed E-state index contributed by atoms with van der Waals surface area (Å²) in [5.41, 5.74) is 19.1. The number of carbonyl (C=O) groups is 8. The van der Waals surface area contributed by atoms with Crippen molar-refractivity contribution in [2.24, 2.45) is 28.7 Å². The van der Waals surface area contributed by atoms with Crippen molar-refractivity contribution < 1.29 is 47.8 Å². The van der Waals surface area contributed by atoms with Gasteiger partial charge in [0.1, 0.15) is 5.84 Å². The number of hydrogen-bond acceptors (Lipinski definition) is 17. The number of nitrogens with one attached hydrogen (secondary N) is 5. The molecule has 4 aliphatic carbocycles. The number of piperidine rings is 4. The van der Waals surface area contributed by atoms with Crippen LogP contribution in [0.5, 0.6) is 0 Å². The SMILES string of the molecule is CCNC(=O)C1CCC(n2c(NC(=O)c3ccc(C)cc3)nc3ccc(CN4CCCCC4)cc32)CC1.CCOC(=O)C1CCC(N2C(=NC(=O)c3ccccc3)Cc3ccc(CN4CCCCC4)cc32)CC1.CNC(=O)C1CCC(n2c(NC(=O)c3ccc(C)cc3)nc3ccc(CN4CCCCC4)cc32)CC1.COC(=O)C1CCC(n2c(NC(=O)c3cccc(C)c3)nc3ccc(CN4CCCCC4)cc32)CC1. The number of amidine groups is 1. The predicted octanol–water partition coefficient (Wildman–Crippen LogP) is 21.4. The molecule has 0 atom stereocenters. The molecular formula is C118H149N17O10. The number of esters is 2. The number of hydrogen-bond donors (Lipinski definition) is 5. The summed E-state index contributed by atoms with van der Waals surface area (Å²) in [6.07, 6.45) is 29.6. The number of aliphatic imine (C=N–C) groups is 1. The Kier molecular flexibility index (Phi) is 35.8. The average Bonchev–Trinajstić information content (AvgIpc) is 1.64. The maximum absolute atomic E-state index is 13.2. The van der Waals surface area contributed by atoms with Gasteiger partial charge in [0.05, 0.1) is 58.7 Å². The minimum atomic E-state index is -0.197. The first-order valence-electron chi connectivity index (χ1n) is 54.0. The van der Waals surface area contributed by atoms with Crippen molar-refractivity contribution in [2.75, 3.05) is 101 Å². The lowest BCUT2D eigenvalue weighted by molar-refractivity contribution is -0.149. The van der Waals surface area contributed by atoms with Gasteiger partial charge < -0.3 is 38.7 Å². The smallest absolute Gasteiger partial charge is 0.308 e. The molecule has 9 aliphatic rings. The van der Waals surface area contributed by atoms with Gasteiger partial charge in [-0.15, -0.1) is 0 Å². The van der Waals surface area contributed by atoms with Gasteiger partial charge >= 0.3 is 11.9 Å². The van der Waals surface area contributed by atoms with E-state index in [1.807, 2.05) is 138 Å². The zero-order chi connectivity index (χ0) is 101. The molecule has 0 spiro atoms. The van der Waals surface area contributed by atoms with E-state index < -0.39 is 0 Å². The van der Waals surface area contributed by atoms with Crippen LogP contribution in [-0.2, 0) is 61.3 Å². The quantitative estimate of drug-likeness (QED) is 0.0332. The van der Waals surface area contributed by atoms with Crippen LogP contribution in [0.3, 0.4) is 0 Å². The van der Waals surface area contributed by atoms with Crippen LogP contribution < -0.4 is 31.5 Å². The number of aryl methyl sites for hydroxylation is 3. The summed E-state index contributed by atoms with van der Waals surface area (Å²) in [4.78, 5) is 133. The molecule has 6 amide bonds. The predicted molar refractivity (Wildman–Crippen MR) is 574 cm³/mol. The Morgan fingerprint density at radius 1 is 0.366 bits per heavy atom. The Morgan fingerprint density at radius 3 is 1.13 bits per heavy atom. The molecule has 11 aromatic rings. The van der Waals surface area contributed by atoms with Gasteiger partial charge in [-0.05, 0) is 360 Å². The Labute approximate surface area is 854 Å². The molecule has 20 rings (SSSR count). The summed E-state index contributed by atoms with van der Waals surface area (Å²) in [6.45, 7) is 23.9. The molecule has 0 radical (unpaired) electrons. The van der Waals surface area contributed by atoms with Crippen molar-refractivity contribution >= 4 is 110 Å². The number of ether oxygens (including phenoxy) is 2. The number of likely N-dealkylation sites (tertiary alicyclic amines) is 4. The Hall–Kier alpha value is -12.6. The van der Waals surface area contributed by atoms with E-state index >= 15 is 0 Å². The number of fused-ring (bicyclic) bond motifs is 4. The second-order valence-electron chi connectivity index (χ2n) is 41.7. The molecule has 8 aromatic carbocycles. The molecule has 5 aliphatic heterocycles. The summed E-state index contributed by atoms with van der Waals surface area (Å²) in [6, 6.07) is 59.2. The van der Waals surface area contributed by atoms with Gasteiger partial charge in [-0.3, -0.25) is 73.9 Å². The fourth-order valence-corrected chi connectivity index (χ4v) is 23.3. The molecular weight excluding hydrogens is 1820 g/mol. The molecule has 0 unspecified atom stereocenters. The first kappa shape index (κ1) is 104. The van der Waals surface area contributed by atoms with Crippen LogP contribution in [0, 0.1) is 44.4 Å². The highest BCUT2D eigenvalue weighted by Crippen LogP contribution is 2.44. The molecule has 27 nitrogen and oxygen atoms in total. The van der Waals surface area contributed by atoms with Gasteiger partial charge in [0.2, 0.25) is 29.7 Å². The second-order valence-corrected chi connectivity index (χ2v) is 41.7. The number of imidazole rings is 3. The van der Waals surface area contributed by atoms with E-state index in [4.69, 9.17) is 24.4 Å². The maximum Gasteiger partial charge on any atom is 0.308 e. The lowest BCUT2D eigenvalue weighted by atomic mass is 9.85. The summed E-state index contributed by atoms with van der Waals surface area (Å²) >= 11 is 0. The molecule has 4 saturated carbocycles. The average molecular weight is 1970 g/mol. The molecule has 8 heterocycles. The third-order valence-corrected chi connectivity index (χ3v) is 31.3. The Balaban J connectivity index is 0.000000132. The summed E-state index contributed by atoms with van der Waals surface area (Å²) < 4.78 is 16.9. The molecule has 3 aromatic heterocycles. The van der Waals surface area contributed by atoms with Crippen LogP contribution in [-0.4, -0.2) is 187 Å². The maximum atomic E-state index is 13.2. The van der Waals surface area contributed by atoms with Gasteiger partial charge in [0.15, 0.2) is 0 Å². The summed E-state index contributed by atoms with van der Waals surface area (Å²) in [5, 5.41) is 15.1.